The normalized spacial score (nSPS) is 18.2. The minimum Gasteiger partial charge on any atom is -0.469 e. The van der Waals surface area contributed by atoms with Crippen LogP contribution in [0.1, 0.15) is 24.7 Å². The maximum atomic E-state index is 12.3. The summed E-state index contributed by atoms with van der Waals surface area (Å²) in [5.74, 6) is 1.11. The third-order valence-corrected chi connectivity index (χ3v) is 5.05. The van der Waals surface area contributed by atoms with Gasteiger partial charge in [0.2, 0.25) is 5.91 Å². The first-order valence-corrected chi connectivity index (χ1v) is 8.17. The average Bonchev–Trinajstić information content (AvgIpc) is 3.14. The fourth-order valence-electron chi connectivity index (χ4n) is 2.55. The highest BCUT2D eigenvalue weighted by Crippen LogP contribution is 2.36. The van der Waals surface area contributed by atoms with Gasteiger partial charge in [-0.3, -0.25) is 4.79 Å². The second-order valence-corrected chi connectivity index (χ2v) is 6.69. The average molecular weight is 301 g/mol. The van der Waals surface area contributed by atoms with Crippen LogP contribution in [0.3, 0.4) is 0 Å². The van der Waals surface area contributed by atoms with E-state index in [9.17, 15) is 4.79 Å². The summed E-state index contributed by atoms with van der Waals surface area (Å²) >= 11 is 1.67. The number of benzene rings is 1. The molecule has 0 fully saturated rings. The van der Waals surface area contributed by atoms with Gasteiger partial charge in [0.15, 0.2) is 0 Å². The second kappa shape index (κ2) is 6.39. The second-order valence-electron chi connectivity index (χ2n) is 5.45. The molecule has 0 saturated carbocycles. The Morgan fingerprint density at radius 3 is 3.00 bits per heavy atom. The van der Waals surface area contributed by atoms with E-state index < -0.39 is 0 Å². The molecule has 4 heteroatoms. The summed E-state index contributed by atoms with van der Waals surface area (Å²) in [6, 6.07) is 12.3. The van der Waals surface area contributed by atoms with Gasteiger partial charge in [-0.25, -0.2) is 0 Å². The summed E-state index contributed by atoms with van der Waals surface area (Å²) < 4.78 is 5.31. The predicted molar refractivity (Wildman–Crippen MR) is 84.4 cm³/mol. The van der Waals surface area contributed by atoms with Crippen LogP contribution in [0.5, 0.6) is 0 Å². The van der Waals surface area contributed by atoms with E-state index in [0.29, 0.717) is 0 Å². The van der Waals surface area contributed by atoms with Crippen LogP contribution in [-0.2, 0) is 17.6 Å². The molecule has 1 N–H and O–H groups in total. The van der Waals surface area contributed by atoms with Crippen molar-refractivity contribution in [2.45, 2.75) is 42.4 Å². The lowest BCUT2D eigenvalue weighted by Crippen LogP contribution is -2.38. The Labute approximate surface area is 129 Å². The molecule has 1 aliphatic rings. The van der Waals surface area contributed by atoms with Crippen molar-refractivity contribution in [2.75, 3.05) is 0 Å². The van der Waals surface area contributed by atoms with Crippen molar-refractivity contribution < 1.29 is 9.21 Å². The van der Waals surface area contributed by atoms with Crippen molar-refractivity contribution in [3.8, 4) is 0 Å². The smallest absolute Gasteiger partial charge is 0.234 e. The van der Waals surface area contributed by atoms with Crippen molar-refractivity contribution in [3.63, 3.8) is 0 Å². The van der Waals surface area contributed by atoms with Crippen LogP contribution in [0.25, 0.3) is 0 Å². The molecule has 1 aromatic heterocycles. The van der Waals surface area contributed by atoms with Gasteiger partial charge in [-0.1, -0.05) is 18.2 Å². The quantitative estimate of drug-likeness (QED) is 0.920. The van der Waals surface area contributed by atoms with Gasteiger partial charge in [0.25, 0.3) is 0 Å². The molecular formula is C17H19NO2S. The van der Waals surface area contributed by atoms with Crippen molar-refractivity contribution in [2.24, 2.45) is 0 Å². The number of rotatable bonds is 5. The number of amides is 1. The Morgan fingerprint density at radius 1 is 1.38 bits per heavy atom. The van der Waals surface area contributed by atoms with Crippen LogP contribution in [0.2, 0.25) is 0 Å². The number of furan rings is 1. The lowest BCUT2D eigenvalue weighted by Gasteiger charge is -2.16. The zero-order valence-electron chi connectivity index (χ0n) is 12.0. The van der Waals surface area contributed by atoms with Gasteiger partial charge in [0.05, 0.1) is 11.5 Å². The molecule has 0 spiro atoms. The Morgan fingerprint density at radius 2 is 2.24 bits per heavy atom. The van der Waals surface area contributed by atoms with E-state index in [4.69, 9.17) is 4.42 Å². The molecule has 1 aliphatic heterocycles. The minimum absolute atomic E-state index is 0.00784. The van der Waals surface area contributed by atoms with Crippen LogP contribution < -0.4 is 5.32 Å². The first kappa shape index (κ1) is 14.3. The van der Waals surface area contributed by atoms with E-state index >= 15 is 0 Å². The lowest BCUT2D eigenvalue weighted by atomic mass is 10.1. The van der Waals surface area contributed by atoms with Gasteiger partial charge >= 0.3 is 0 Å². The molecule has 2 aromatic rings. The van der Waals surface area contributed by atoms with E-state index in [0.717, 1.165) is 25.0 Å². The Kier molecular flexibility index (Phi) is 4.34. The lowest BCUT2D eigenvalue weighted by molar-refractivity contribution is -0.121. The zero-order valence-corrected chi connectivity index (χ0v) is 12.9. The maximum Gasteiger partial charge on any atom is 0.234 e. The third kappa shape index (κ3) is 3.50. The molecule has 1 aromatic carbocycles. The molecule has 1 amide bonds. The first-order chi connectivity index (χ1) is 10.2. The molecule has 2 unspecified atom stereocenters. The highest BCUT2D eigenvalue weighted by atomic mass is 32.2. The first-order valence-electron chi connectivity index (χ1n) is 7.29. The Hall–Kier alpha value is -1.68. The van der Waals surface area contributed by atoms with Crippen molar-refractivity contribution in [3.05, 3.63) is 54.0 Å². The van der Waals surface area contributed by atoms with Crippen molar-refractivity contribution >= 4 is 17.7 Å². The van der Waals surface area contributed by atoms with Gasteiger partial charge in [0, 0.05) is 17.4 Å². The predicted octanol–water partition coefficient (Wildman–Crippen LogP) is 3.43. The molecule has 2 atom stereocenters. The minimum atomic E-state index is 0.00784. The topological polar surface area (TPSA) is 42.2 Å². The van der Waals surface area contributed by atoms with Crippen molar-refractivity contribution in [1.82, 2.24) is 5.32 Å². The summed E-state index contributed by atoms with van der Waals surface area (Å²) in [5, 5.41) is 3.13. The summed E-state index contributed by atoms with van der Waals surface area (Å²) in [6.45, 7) is 2.05. The molecule has 110 valence electrons. The number of hydrogen-bond acceptors (Lipinski definition) is 3. The van der Waals surface area contributed by atoms with Gasteiger partial charge < -0.3 is 9.73 Å². The van der Waals surface area contributed by atoms with Crippen LogP contribution >= 0.6 is 11.8 Å². The molecule has 0 saturated heterocycles. The molecule has 0 bridgehead atoms. The molecule has 21 heavy (non-hydrogen) atoms. The summed E-state index contributed by atoms with van der Waals surface area (Å²) in [7, 11) is 0. The molecule has 3 nitrogen and oxygen atoms in total. The summed E-state index contributed by atoms with van der Waals surface area (Å²) in [6.07, 6.45) is 4.26. The molecular weight excluding hydrogens is 282 g/mol. The van der Waals surface area contributed by atoms with Gasteiger partial charge in [-0.15, -0.1) is 11.8 Å². The summed E-state index contributed by atoms with van der Waals surface area (Å²) in [5.41, 5.74) is 1.28. The number of thioether (sulfide) groups is 1. The van der Waals surface area contributed by atoms with Crippen LogP contribution in [0, 0.1) is 0 Å². The molecule has 2 heterocycles. The van der Waals surface area contributed by atoms with Gasteiger partial charge in [0.1, 0.15) is 5.76 Å². The van der Waals surface area contributed by atoms with E-state index in [-0.39, 0.29) is 17.2 Å². The number of carbonyl (C=O) groups is 1. The fourth-order valence-corrected chi connectivity index (χ4v) is 3.75. The van der Waals surface area contributed by atoms with Gasteiger partial charge in [-0.05, 0) is 43.5 Å². The maximum absolute atomic E-state index is 12.3. The van der Waals surface area contributed by atoms with E-state index in [1.807, 2.05) is 31.2 Å². The fraction of sp³-hybridized carbons (Fsp3) is 0.353. The molecule has 3 rings (SSSR count). The van der Waals surface area contributed by atoms with Crippen LogP contribution in [-0.4, -0.2) is 17.2 Å². The van der Waals surface area contributed by atoms with E-state index in [2.05, 4.69) is 17.4 Å². The highest BCUT2D eigenvalue weighted by Gasteiger charge is 2.28. The number of hydrogen-bond donors (Lipinski definition) is 1. The standard InChI is InChI=1S/C17H19NO2S/c1-12(8-9-14-6-4-10-20-14)18-17(19)16-11-13-5-2-3-7-15(13)21-16/h2-7,10,12,16H,8-9,11H2,1H3,(H,18,19). The third-order valence-electron chi connectivity index (χ3n) is 3.73. The van der Waals surface area contributed by atoms with Crippen LogP contribution in [0.4, 0.5) is 0 Å². The highest BCUT2D eigenvalue weighted by molar-refractivity contribution is 8.01. The number of aryl methyl sites for hydroxylation is 1. The summed E-state index contributed by atoms with van der Waals surface area (Å²) in [4.78, 5) is 13.6. The van der Waals surface area contributed by atoms with E-state index in [1.165, 1.54) is 10.5 Å². The Bertz CT molecular complexity index is 584. The molecule has 0 radical (unpaired) electrons. The van der Waals surface area contributed by atoms with E-state index in [1.54, 1.807) is 18.0 Å². The monoisotopic (exact) mass is 301 g/mol. The van der Waals surface area contributed by atoms with Gasteiger partial charge in [-0.2, -0.15) is 0 Å². The molecule has 0 aliphatic carbocycles. The zero-order chi connectivity index (χ0) is 14.7. The number of carbonyl (C=O) groups excluding carboxylic acids is 1. The van der Waals surface area contributed by atoms with Crippen LogP contribution in [0.15, 0.2) is 52.0 Å². The van der Waals surface area contributed by atoms with Crippen molar-refractivity contribution in [1.29, 1.82) is 0 Å². The Balaban J connectivity index is 1.48. The largest absolute Gasteiger partial charge is 0.469 e. The number of nitrogens with one attached hydrogen (secondary N) is 1. The number of fused-ring (bicyclic) bond motifs is 1. The SMILES string of the molecule is CC(CCc1ccco1)NC(=O)C1Cc2ccccc2S1.